The van der Waals surface area contributed by atoms with Crippen molar-refractivity contribution in [3.05, 3.63) is 23.9 Å². The van der Waals surface area contributed by atoms with Crippen molar-refractivity contribution in [2.45, 2.75) is 27.7 Å². The Morgan fingerprint density at radius 3 is 2.36 bits per heavy atom. The van der Waals surface area contributed by atoms with Gasteiger partial charge >= 0.3 is 0 Å². The van der Waals surface area contributed by atoms with Crippen molar-refractivity contribution in [3.8, 4) is 0 Å². The Hall–Kier alpha value is -0.720. The highest BCUT2D eigenvalue weighted by Crippen LogP contribution is 2.02. The van der Waals surface area contributed by atoms with Crippen molar-refractivity contribution < 1.29 is 0 Å². The average Bonchev–Trinajstić information content (AvgIpc) is 1.87. The fraction of sp³-hybridized carbons (Fsp3) is 0.600. The van der Waals surface area contributed by atoms with E-state index in [9.17, 15) is 0 Å². The molecule has 1 N–H and O–H groups in total. The predicted molar refractivity (Wildman–Crippen MR) is 51.4 cm³/mol. The number of rotatable bonds is 4. The van der Waals surface area contributed by atoms with Gasteiger partial charge < -0.3 is 5.32 Å². The normalized spacial score (nSPS) is 11.9. The van der Waals surface area contributed by atoms with Gasteiger partial charge in [-0.2, -0.15) is 0 Å². The second kappa shape index (κ2) is 5.00. The molecule has 0 heterocycles. The molecule has 0 aliphatic carbocycles. The van der Waals surface area contributed by atoms with Gasteiger partial charge in [0.15, 0.2) is 0 Å². The van der Waals surface area contributed by atoms with Crippen LogP contribution in [0, 0.1) is 5.92 Å². The van der Waals surface area contributed by atoms with Crippen LogP contribution < -0.4 is 5.32 Å². The van der Waals surface area contributed by atoms with E-state index in [0.29, 0.717) is 5.92 Å². The summed E-state index contributed by atoms with van der Waals surface area (Å²) in [6.45, 7) is 13.3. The summed E-state index contributed by atoms with van der Waals surface area (Å²) in [5.74, 6) is 0.685. The molecule has 0 atom stereocenters. The second-order valence-corrected chi connectivity index (χ2v) is 3.26. The van der Waals surface area contributed by atoms with E-state index in [1.54, 1.807) is 0 Å². The number of hydrogen-bond donors (Lipinski definition) is 1. The van der Waals surface area contributed by atoms with E-state index in [4.69, 9.17) is 0 Å². The molecule has 64 valence electrons. The first-order valence-corrected chi connectivity index (χ1v) is 4.14. The third-order valence-electron chi connectivity index (χ3n) is 1.45. The van der Waals surface area contributed by atoms with E-state index < -0.39 is 0 Å². The zero-order chi connectivity index (χ0) is 8.85. The lowest BCUT2D eigenvalue weighted by atomic mass is 10.2. The average molecular weight is 153 g/mol. The van der Waals surface area contributed by atoms with Crippen LogP contribution in [0.5, 0.6) is 0 Å². The maximum atomic E-state index is 3.87. The van der Waals surface area contributed by atoms with E-state index in [0.717, 1.165) is 12.1 Å². The van der Waals surface area contributed by atoms with Crippen molar-refractivity contribution in [2.24, 2.45) is 5.92 Å². The van der Waals surface area contributed by atoms with Crippen molar-refractivity contribution in [1.29, 1.82) is 0 Å². The van der Waals surface area contributed by atoms with Gasteiger partial charge in [0.05, 0.1) is 0 Å². The lowest BCUT2D eigenvalue weighted by Gasteiger charge is -2.11. The standard InChI is InChI=1S/C10H19N/c1-6-10(9(4)5)11-7-8(2)3/h6,8,11H,4,7H2,1-3,5H3/b10-6+. The predicted octanol–water partition coefficient (Wildman–Crippen LogP) is 2.71. The van der Waals surface area contributed by atoms with Crippen LogP contribution in [0.25, 0.3) is 0 Å². The zero-order valence-electron chi connectivity index (χ0n) is 8.07. The molecule has 0 bridgehead atoms. The molecule has 0 aromatic heterocycles. The number of nitrogens with one attached hydrogen (secondary N) is 1. The van der Waals surface area contributed by atoms with E-state index in [1.165, 1.54) is 5.70 Å². The molecule has 11 heavy (non-hydrogen) atoms. The minimum absolute atomic E-state index is 0.685. The van der Waals surface area contributed by atoms with Crippen LogP contribution in [0.1, 0.15) is 27.7 Å². The molecule has 0 aliphatic heterocycles. The number of allylic oxidation sites excluding steroid dienone is 2. The molecule has 0 unspecified atom stereocenters. The summed E-state index contributed by atoms with van der Waals surface area (Å²) in [7, 11) is 0. The molecule has 0 saturated carbocycles. The first-order chi connectivity index (χ1) is 5.07. The fourth-order valence-corrected chi connectivity index (χ4v) is 0.813. The van der Waals surface area contributed by atoms with Gasteiger partial charge in [-0.15, -0.1) is 0 Å². The highest BCUT2D eigenvalue weighted by atomic mass is 14.9. The molecule has 0 aliphatic rings. The molecule has 0 spiro atoms. The van der Waals surface area contributed by atoms with Gasteiger partial charge in [-0.05, 0) is 25.3 Å². The molecule has 0 rings (SSSR count). The van der Waals surface area contributed by atoms with Gasteiger partial charge in [0, 0.05) is 12.2 Å². The van der Waals surface area contributed by atoms with Gasteiger partial charge in [0.25, 0.3) is 0 Å². The van der Waals surface area contributed by atoms with Crippen molar-refractivity contribution in [2.75, 3.05) is 6.54 Å². The van der Waals surface area contributed by atoms with Crippen LogP contribution in [-0.2, 0) is 0 Å². The van der Waals surface area contributed by atoms with Crippen LogP contribution in [0.3, 0.4) is 0 Å². The monoisotopic (exact) mass is 153 g/mol. The Morgan fingerprint density at radius 2 is 2.09 bits per heavy atom. The first-order valence-electron chi connectivity index (χ1n) is 4.14. The van der Waals surface area contributed by atoms with E-state index >= 15 is 0 Å². The Balaban J connectivity index is 3.82. The van der Waals surface area contributed by atoms with Crippen LogP contribution in [0.2, 0.25) is 0 Å². The van der Waals surface area contributed by atoms with Gasteiger partial charge in [-0.25, -0.2) is 0 Å². The summed E-state index contributed by atoms with van der Waals surface area (Å²) in [5.41, 5.74) is 2.27. The summed E-state index contributed by atoms with van der Waals surface area (Å²) < 4.78 is 0. The molecule has 0 aromatic carbocycles. The third-order valence-corrected chi connectivity index (χ3v) is 1.45. The molecule has 0 amide bonds. The summed E-state index contributed by atoms with van der Waals surface area (Å²) in [4.78, 5) is 0. The lowest BCUT2D eigenvalue weighted by molar-refractivity contribution is 0.598. The molecular formula is C10H19N. The van der Waals surface area contributed by atoms with Crippen LogP contribution in [0.15, 0.2) is 23.9 Å². The Labute approximate surface area is 70.2 Å². The van der Waals surface area contributed by atoms with Crippen LogP contribution in [0.4, 0.5) is 0 Å². The molecule has 1 heteroatoms. The summed E-state index contributed by atoms with van der Waals surface area (Å²) in [6.07, 6.45) is 2.06. The smallest absolute Gasteiger partial charge is 0.0320 e. The maximum absolute atomic E-state index is 3.87. The first kappa shape index (κ1) is 10.3. The van der Waals surface area contributed by atoms with Gasteiger partial charge in [-0.1, -0.05) is 26.5 Å². The highest BCUT2D eigenvalue weighted by molar-refractivity contribution is 5.23. The highest BCUT2D eigenvalue weighted by Gasteiger charge is 1.96. The maximum Gasteiger partial charge on any atom is 0.0320 e. The van der Waals surface area contributed by atoms with E-state index in [-0.39, 0.29) is 0 Å². The molecule has 0 fully saturated rings. The largest absolute Gasteiger partial charge is 0.385 e. The molecule has 0 saturated heterocycles. The minimum Gasteiger partial charge on any atom is -0.385 e. The van der Waals surface area contributed by atoms with Crippen LogP contribution in [-0.4, -0.2) is 6.54 Å². The van der Waals surface area contributed by atoms with Gasteiger partial charge in [0.1, 0.15) is 0 Å². The third kappa shape index (κ3) is 4.65. The van der Waals surface area contributed by atoms with Crippen molar-refractivity contribution in [3.63, 3.8) is 0 Å². The van der Waals surface area contributed by atoms with Gasteiger partial charge in [-0.3, -0.25) is 0 Å². The molecule has 0 radical (unpaired) electrons. The second-order valence-electron chi connectivity index (χ2n) is 3.26. The fourth-order valence-electron chi connectivity index (χ4n) is 0.813. The summed E-state index contributed by atoms with van der Waals surface area (Å²) in [5, 5.41) is 3.33. The number of hydrogen-bond acceptors (Lipinski definition) is 1. The van der Waals surface area contributed by atoms with E-state index in [2.05, 4.69) is 31.8 Å². The van der Waals surface area contributed by atoms with E-state index in [1.807, 2.05) is 13.8 Å². The Bertz CT molecular complexity index is 154. The lowest BCUT2D eigenvalue weighted by Crippen LogP contribution is -2.19. The minimum atomic E-state index is 0.685. The Morgan fingerprint density at radius 1 is 1.55 bits per heavy atom. The topological polar surface area (TPSA) is 12.0 Å². The Kier molecular flexibility index (Phi) is 4.67. The van der Waals surface area contributed by atoms with Gasteiger partial charge in [0.2, 0.25) is 0 Å². The molecule has 0 aromatic rings. The van der Waals surface area contributed by atoms with Crippen LogP contribution >= 0.6 is 0 Å². The van der Waals surface area contributed by atoms with Crippen molar-refractivity contribution >= 4 is 0 Å². The zero-order valence-corrected chi connectivity index (χ0v) is 8.07. The summed E-state index contributed by atoms with van der Waals surface area (Å²) in [6, 6.07) is 0. The van der Waals surface area contributed by atoms with Crippen molar-refractivity contribution in [1.82, 2.24) is 5.32 Å². The summed E-state index contributed by atoms with van der Waals surface area (Å²) >= 11 is 0. The molecule has 1 nitrogen and oxygen atoms in total. The SMILES string of the molecule is C=C(C)/C(=C\C)NCC(C)C. The quantitative estimate of drug-likeness (QED) is 0.612. The molecular weight excluding hydrogens is 134 g/mol.